The van der Waals surface area contributed by atoms with Crippen molar-refractivity contribution < 1.29 is 9.47 Å². The topological polar surface area (TPSA) is 105 Å². The summed E-state index contributed by atoms with van der Waals surface area (Å²) in [6.45, 7) is 0.842. The number of nitrogens with zero attached hydrogens (tertiary/aromatic N) is 1. The fraction of sp³-hybridized carbons (Fsp3) is 0.467. The molecule has 0 amide bonds. The molecule has 2 aliphatic rings. The average molecular weight is 340 g/mol. The van der Waals surface area contributed by atoms with Crippen molar-refractivity contribution >= 4 is 24.3 Å². The lowest BCUT2D eigenvalue weighted by Crippen LogP contribution is -2.44. The Bertz CT molecular complexity index is 587. The van der Waals surface area contributed by atoms with E-state index in [9.17, 15) is 0 Å². The summed E-state index contributed by atoms with van der Waals surface area (Å²) in [6.07, 6.45) is 4.61. The van der Waals surface area contributed by atoms with E-state index in [1.807, 2.05) is 18.2 Å². The molecule has 5 N–H and O–H groups in total. The van der Waals surface area contributed by atoms with Crippen LogP contribution in [0.5, 0.6) is 11.5 Å². The Hall–Kier alpha value is -2.15. The quantitative estimate of drug-likeness (QED) is 0.495. The average Bonchev–Trinajstić information content (AvgIpc) is 3.14. The van der Waals surface area contributed by atoms with Crippen LogP contribution in [0.1, 0.15) is 31.2 Å². The van der Waals surface area contributed by atoms with Crippen LogP contribution in [0, 0.1) is 5.41 Å². The summed E-state index contributed by atoms with van der Waals surface area (Å²) >= 11 is 0. The highest BCUT2D eigenvalue weighted by molar-refractivity contribution is 5.96. The van der Waals surface area contributed by atoms with Gasteiger partial charge in [-0.05, 0) is 30.5 Å². The van der Waals surface area contributed by atoms with Crippen LogP contribution in [-0.4, -0.2) is 24.8 Å². The van der Waals surface area contributed by atoms with Crippen LogP contribution >= 0.6 is 12.4 Å². The zero-order valence-electron chi connectivity index (χ0n) is 12.8. The molecule has 126 valence electrons. The van der Waals surface area contributed by atoms with Crippen molar-refractivity contribution in [2.45, 2.75) is 38.3 Å². The highest BCUT2D eigenvalue weighted by atomic mass is 35.5. The molecule has 0 atom stereocenters. The van der Waals surface area contributed by atoms with Gasteiger partial charge in [-0.15, -0.1) is 12.4 Å². The van der Waals surface area contributed by atoms with Gasteiger partial charge in [0.1, 0.15) is 0 Å². The molecule has 1 fully saturated rings. The Labute approximate surface area is 141 Å². The van der Waals surface area contributed by atoms with Gasteiger partial charge < -0.3 is 20.5 Å². The van der Waals surface area contributed by atoms with Gasteiger partial charge in [0.2, 0.25) is 6.79 Å². The van der Waals surface area contributed by atoms with Crippen LogP contribution < -0.4 is 25.8 Å². The third-order valence-electron chi connectivity index (χ3n) is 3.79. The van der Waals surface area contributed by atoms with Crippen molar-refractivity contribution in [3.63, 3.8) is 0 Å². The summed E-state index contributed by atoms with van der Waals surface area (Å²) in [5, 5.41) is 13.4. The maximum Gasteiger partial charge on any atom is 0.231 e. The number of hydrogen-bond donors (Lipinski definition) is 4. The Kier molecular flexibility index (Phi) is 5.92. The maximum atomic E-state index is 7.39. The number of halogens is 1. The number of rotatable bonds is 3. The minimum absolute atomic E-state index is 0. The van der Waals surface area contributed by atoms with Gasteiger partial charge in [0.15, 0.2) is 23.4 Å². The normalized spacial score (nSPS) is 16.8. The summed E-state index contributed by atoms with van der Waals surface area (Å²) in [5.41, 5.74) is 6.47. The van der Waals surface area contributed by atoms with Crippen molar-refractivity contribution in [1.29, 1.82) is 5.41 Å². The molecule has 1 aliphatic heterocycles. The van der Waals surface area contributed by atoms with Gasteiger partial charge in [-0.25, -0.2) is 4.99 Å². The first kappa shape index (κ1) is 17.2. The number of aliphatic imine (C=N–C) groups is 1. The van der Waals surface area contributed by atoms with E-state index >= 15 is 0 Å². The molecular formula is C15H22ClN5O2. The fourth-order valence-electron chi connectivity index (χ4n) is 2.70. The number of benzene rings is 1. The van der Waals surface area contributed by atoms with E-state index in [4.69, 9.17) is 20.6 Å². The van der Waals surface area contributed by atoms with Crippen LogP contribution in [0.25, 0.3) is 0 Å². The van der Waals surface area contributed by atoms with Crippen LogP contribution in [0.2, 0.25) is 0 Å². The van der Waals surface area contributed by atoms with Crippen molar-refractivity contribution in [2.75, 3.05) is 6.79 Å². The van der Waals surface area contributed by atoms with Crippen molar-refractivity contribution in [2.24, 2.45) is 10.7 Å². The molecule has 1 heterocycles. The highest BCUT2D eigenvalue weighted by Crippen LogP contribution is 2.32. The lowest BCUT2D eigenvalue weighted by molar-refractivity contribution is 0.174. The third kappa shape index (κ3) is 4.66. The number of nitrogens with two attached hydrogens (primary N) is 1. The number of ether oxygens (including phenoxy) is 2. The molecule has 1 aromatic carbocycles. The van der Waals surface area contributed by atoms with Gasteiger partial charge in [0, 0.05) is 6.54 Å². The standard InChI is InChI=1S/C15H21N5O2.ClH/c16-14(17)20-15(19-11-3-1-2-4-11)18-8-10-5-6-12-13(7-10)22-9-21-12;/h5-7,11H,1-4,8-9H2,(H5,16,17,18,19,20);1H. The smallest absolute Gasteiger partial charge is 0.231 e. The summed E-state index contributed by atoms with van der Waals surface area (Å²) in [6, 6.07) is 6.12. The number of guanidine groups is 2. The predicted octanol–water partition coefficient (Wildman–Crippen LogP) is 1.71. The molecule has 1 saturated carbocycles. The molecule has 1 aliphatic carbocycles. The second-order valence-electron chi connectivity index (χ2n) is 5.50. The molecule has 0 spiro atoms. The molecule has 1 aromatic rings. The first-order valence-corrected chi connectivity index (χ1v) is 7.52. The molecule has 3 rings (SSSR count). The van der Waals surface area contributed by atoms with Crippen LogP contribution in [0.3, 0.4) is 0 Å². The van der Waals surface area contributed by atoms with Crippen LogP contribution in [-0.2, 0) is 6.54 Å². The van der Waals surface area contributed by atoms with E-state index in [2.05, 4.69) is 15.6 Å². The van der Waals surface area contributed by atoms with Crippen LogP contribution in [0.15, 0.2) is 23.2 Å². The Morgan fingerprint density at radius 1 is 1.26 bits per heavy atom. The summed E-state index contributed by atoms with van der Waals surface area (Å²) in [5.74, 6) is 1.96. The molecule has 0 saturated heterocycles. The van der Waals surface area contributed by atoms with Crippen LogP contribution in [0.4, 0.5) is 0 Å². The first-order chi connectivity index (χ1) is 10.7. The van der Waals surface area contributed by atoms with Gasteiger partial charge in [-0.1, -0.05) is 18.9 Å². The third-order valence-corrected chi connectivity index (χ3v) is 3.79. The summed E-state index contributed by atoms with van der Waals surface area (Å²) in [7, 11) is 0. The molecular weight excluding hydrogens is 318 g/mol. The van der Waals surface area contributed by atoms with E-state index in [-0.39, 0.29) is 25.2 Å². The van der Waals surface area contributed by atoms with Gasteiger partial charge >= 0.3 is 0 Å². The van der Waals surface area contributed by atoms with E-state index < -0.39 is 0 Å². The highest BCUT2D eigenvalue weighted by Gasteiger charge is 2.16. The minimum Gasteiger partial charge on any atom is -0.454 e. The zero-order chi connectivity index (χ0) is 15.4. The van der Waals surface area contributed by atoms with Crippen molar-refractivity contribution in [3.8, 4) is 11.5 Å². The Morgan fingerprint density at radius 2 is 2.00 bits per heavy atom. The molecule has 23 heavy (non-hydrogen) atoms. The summed E-state index contributed by atoms with van der Waals surface area (Å²) in [4.78, 5) is 4.62. The van der Waals surface area contributed by atoms with E-state index in [0.717, 1.165) is 29.9 Å². The molecule has 0 bridgehead atoms. The predicted molar refractivity (Wildman–Crippen MR) is 91.4 cm³/mol. The number of hydrogen-bond acceptors (Lipinski definition) is 4. The zero-order valence-corrected chi connectivity index (χ0v) is 13.6. The molecule has 8 heteroatoms. The van der Waals surface area contributed by atoms with E-state index in [0.29, 0.717) is 18.5 Å². The van der Waals surface area contributed by atoms with Crippen molar-refractivity contribution in [3.05, 3.63) is 23.8 Å². The lowest BCUT2D eigenvalue weighted by atomic mass is 10.2. The van der Waals surface area contributed by atoms with Crippen molar-refractivity contribution in [1.82, 2.24) is 10.6 Å². The fourth-order valence-corrected chi connectivity index (χ4v) is 2.70. The maximum absolute atomic E-state index is 7.39. The Morgan fingerprint density at radius 3 is 2.74 bits per heavy atom. The summed E-state index contributed by atoms with van der Waals surface area (Å²) < 4.78 is 10.7. The molecule has 0 aromatic heterocycles. The monoisotopic (exact) mass is 339 g/mol. The van der Waals surface area contributed by atoms with Gasteiger partial charge in [0.05, 0.1) is 6.04 Å². The molecule has 7 nitrogen and oxygen atoms in total. The lowest BCUT2D eigenvalue weighted by Gasteiger charge is -2.13. The largest absolute Gasteiger partial charge is 0.454 e. The first-order valence-electron chi connectivity index (χ1n) is 7.52. The van der Waals surface area contributed by atoms with E-state index in [1.54, 1.807) is 0 Å². The Balaban J connectivity index is 0.00000192. The SMILES string of the molecule is Cl.N=C(N)NC(=NC1CCCC1)NCc1ccc2c(c1)OCO2. The molecule has 0 radical (unpaired) electrons. The minimum atomic E-state index is -0.116. The number of nitrogens with one attached hydrogen (secondary N) is 3. The van der Waals surface area contributed by atoms with Gasteiger partial charge in [-0.3, -0.25) is 10.7 Å². The van der Waals surface area contributed by atoms with E-state index in [1.165, 1.54) is 12.8 Å². The van der Waals surface area contributed by atoms with Gasteiger partial charge in [-0.2, -0.15) is 0 Å². The second-order valence-corrected chi connectivity index (χ2v) is 5.50. The molecule has 0 unspecified atom stereocenters. The van der Waals surface area contributed by atoms with Gasteiger partial charge in [0.25, 0.3) is 0 Å². The second kappa shape index (κ2) is 7.92. The number of fused-ring (bicyclic) bond motifs is 1.